The molecule has 0 spiro atoms. The number of nitrogens with zero attached hydrogens (tertiary/aromatic N) is 17. The Hall–Kier alpha value is -10.3. The molecule has 2 saturated carbocycles. The molecule has 114 heavy (non-hydrogen) atoms. The van der Waals surface area contributed by atoms with Gasteiger partial charge in [-0.25, -0.2) is 19.6 Å². The molecule has 0 saturated heterocycles. The second kappa shape index (κ2) is 45.5. The van der Waals surface area contributed by atoms with E-state index >= 15 is 0 Å². The number of thioether (sulfide) groups is 1. The van der Waals surface area contributed by atoms with Crippen LogP contribution in [0.4, 0.5) is 40.6 Å². The van der Waals surface area contributed by atoms with Crippen LogP contribution in [0.1, 0.15) is 127 Å². The van der Waals surface area contributed by atoms with Gasteiger partial charge in [-0.2, -0.15) is 49.8 Å². The van der Waals surface area contributed by atoms with Crippen molar-refractivity contribution in [2.75, 3.05) is 39.0 Å². The number of anilines is 7. The van der Waals surface area contributed by atoms with E-state index < -0.39 is 8.07 Å². The van der Waals surface area contributed by atoms with Crippen LogP contribution in [0.3, 0.4) is 0 Å². The van der Waals surface area contributed by atoms with Crippen LogP contribution in [0.15, 0.2) is 167 Å². The summed E-state index contributed by atoms with van der Waals surface area (Å²) in [6, 6.07) is 49.5. The van der Waals surface area contributed by atoms with Gasteiger partial charge in [0.15, 0.2) is 11.0 Å². The number of para-hydroxylation sites is 1. The van der Waals surface area contributed by atoms with E-state index in [0.717, 1.165) is 62.7 Å². The van der Waals surface area contributed by atoms with Crippen LogP contribution in [-0.4, -0.2) is 154 Å². The largest absolute Gasteiger partial charge is 0.475 e. The normalized spacial score (nSPS) is 12.3. The topological polar surface area (TPSA) is 327 Å². The minimum atomic E-state index is -1.20. The van der Waals surface area contributed by atoms with Gasteiger partial charge in [-0.3, -0.25) is 0 Å². The van der Waals surface area contributed by atoms with Crippen molar-refractivity contribution in [2.24, 2.45) is 7.05 Å². The van der Waals surface area contributed by atoms with Crippen molar-refractivity contribution in [1.82, 2.24) is 85.0 Å². The first-order valence-electron chi connectivity index (χ1n) is 38.0. The predicted octanol–water partition coefficient (Wildman–Crippen LogP) is 19.0. The lowest BCUT2D eigenvalue weighted by Gasteiger charge is -2.18. The molecule has 13 rings (SSSR count). The summed E-state index contributed by atoms with van der Waals surface area (Å²) in [5, 5.41) is 30.4. The summed E-state index contributed by atoms with van der Waals surface area (Å²) in [6.45, 7) is 32.4. The van der Waals surface area contributed by atoms with Crippen molar-refractivity contribution in [3.8, 4) is 58.4 Å². The molecule has 606 valence electrons. The summed E-state index contributed by atoms with van der Waals surface area (Å²) < 4.78 is 34.9. The summed E-state index contributed by atoms with van der Waals surface area (Å²) in [5.41, 5.74) is 5.99. The molecule has 2 fully saturated rings. The van der Waals surface area contributed by atoms with E-state index in [4.69, 9.17) is 51.6 Å². The van der Waals surface area contributed by atoms with Crippen LogP contribution in [0.25, 0.3) is 22.6 Å². The number of halogens is 2. The van der Waals surface area contributed by atoms with Crippen molar-refractivity contribution < 1.29 is 28.4 Å². The molecule has 7 aromatic heterocycles. The Labute approximate surface area is 689 Å². The van der Waals surface area contributed by atoms with Gasteiger partial charge in [-0.05, 0) is 186 Å². The van der Waals surface area contributed by atoms with E-state index in [9.17, 15) is 0 Å². The van der Waals surface area contributed by atoms with Crippen LogP contribution in [0, 0.1) is 6.92 Å². The summed E-state index contributed by atoms with van der Waals surface area (Å²) in [7, 11) is 0.584. The zero-order valence-electron chi connectivity index (χ0n) is 68.1. The first-order valence-corrected chi connectivity index (χ1v) is 44.5. The smallest absolute Gasteiger partial charge is 0.322 e. The maximum atomic E-state index is 5.95. The third-order valence-electron chi connectivity index (χ3n) is 14.9. The fraction of sp³-hybridized carbons (Fsp3) is 0.407. The van der Waals surface area contributed by atoms with Crippen molar-refractivity contribution in [3.63, 3.8) is 0 Å². The van der Waals surface area contributed by atoms with Gasteiger partial charge in [-0.1, -0.05) is 152 Å². The molecule has 11 aromatic rings. The first-order chi connectivity index (χ1) is 54.5. The van der Waals surface area contributed by atoms with E-state index in [-0.39, 0.29) is 47.9 Å². The van der Waals surface area contributed by atoms with E-state index in [1.54, 1.807) is 36.1 Å². The Morgan fingerprint density at radius 3 is 1.59 bits per heavy atom. The molecule has 0 unspecified atom stereocenters. The molecule has 0 bridgehead atoms. The van der Waals surface area contributed by atoms with Gasteiger partial charge in [0.05, 0.1) is 50.4 Å². The molecule has 28 nitrogen and oxygen atoms in total. The van der Waals surface area contributed by atoms with Crippen LogP contribution >= 0.6 is 46.7 Å². The number of aromatic nitrogens is 17. The van der Waals surface area contributed by atoms with Gasteiger partial charge in [0.2, 0.25) is 28.1 Å². The van der Waals surface area contributed by atoms with Gasteiger partial charge in [0, 0.05) is 78.3 Å². The van der Waals surface area contributed by atoms with Gasteiger partial charge in [-0.15, -0.1) is 5.10 Å². The second-order valence-electron chi connectivity index (χ2n) is 29.0. The van der Waals surface area contributed by atoms with E-state index in [1.165, 1.54) is 67.6 Å². The molecule has 4 aromatic carbocycles. The first kappa shape index (κ1) is 89.2. The lowest BCUT2D eigenvalue weighted by Crippen LogP contribution is -2.31. The Morgan fingerprint density at radius 1 is 0.491 bits per heavy atom. The number of hydrogen-bond acceptors (Lipinski definition) is 29. The van der Waals surface area contributed by atoms with Gasteiger partial charge < -0.3 is 55.0 Å². The second-order valence-corrected chi connectivity index (χ2v) is 37.0. The molecule has 2 aliphatic rings. The highest BCUT2D eigenvalue weighted by molar-refractivity contribution is 7.99. The minimum absolute atomic E-state index is 0.0225. The fourth-order valence-electron chi connectivity index (χ4n) is 9.85. The maximum Gasteiger partial charge on any atom is 0.322 e. The third kappa shape index (κ3) is 34.2. The Balaban J connectivity index is 0.000000172. The highest BCUT2D eigenvalue weighted by Crippen LogP contribution is 2.31. The lowest BCUT2D eigenvalue weighted by atomic mass is 10.1. The number of nitrogens with one attached hydrogen (secondary N) is 5. The number of hydrogen-bond donors (Lipinski definition) is 5. The quantitative estimate of drug-likeness (QED) is 0.0132. The monoisotopic (exact) mass is 1640 g/mol. The summed E-state index contributed by atoms with van der Waals surface area (Å²) in [5.74, 6) is 5.40. The van der Waals surface area contributed by atoms with Crippen molar-refractivity contribution >= 4 is 95.4 Å². The van der Waals surface area contributed by atoms with Crippen molar-refractivity contribution in [1.29, 1.82) is 0 Å². The average molecular weight is 1650 g/mol. The molecule has 0 atom stereocenters. The SMILES string of the molecule is CC(C)Oc1cc(NC2CC2)nc(-c2ccccc2)n1.CC(C)Oc1nc(Cl)cc(NC2CCCC2)n1.CC(C)Oc1nc(NC[Si](C)(C)C)cc(-c2ccccc2)n1.CC(C)Oc1nccc(Nc2ccccc2)n1.CSc1nc(OC(C)C)cc(Sc2nnnn2C)n1.Cc1ccc(Nc2nc(Cl)nc(OC(C)C)n2)cc1. The van der Waals surface area contributed by atoms with Crippen LogP contribution in [-0.2, 0) is 7.05 Å². The Morgan fingerprint density at radius 2 is 1.02 bits per heavy atom. The number of ether oxygens (including phenoxy) is 6. The summed E-state index contributed by atoms with van der Waals surface area (Å²) >= 11 is 14.6. The summed E-state index contributed by atoms with van der Waals surface area (Å²) in [6.07, 6.45) is 12.3. The van der Waals surface area contributed by atoms with Crippen LogP contribution in [0.5, 0.6) is 35.8 Å². The number of benzene rings is 4. The molecule has 33 heteroatoms. The molecule has 0 amide bonds. The molecule has 0 aliphatic heterocycles. The van der Waals surface area contributed by atoms with E-state index in [0.29, 0.717) is 69.1 Å². The third-order valence-corrected chi connectivity index (χ3v) is 18.0. The molecule has 7 heterocycles. The molecular weight excluding hydrogens is 1540 g/mol. The van der Waals surface area contributed by atoms with Gasteiger partial charge >= 0.3 is 24.0 Å². The standard InChI is InChI=1S/C17H25N3OSi.C16H19N3O.C13H15ClN4O.C13H15N3O.C12H18ClN3O.C10H14N6OS2/c1-13(2)21-17-19-15(14-9-7-6-8-10-14)11-16(20-17)18-12-22(3,4)5;1-11(2)20-15-10-14(17-13-8-9-13)18-16(19-15)12-6-4-3-5-7-12;1-8(2)19-13-17-11(14)16-12(18-13)15-10-6-4-9(3)5-7-10;1-10(2)17-13-14-9-8-12(16-13)15-11-6-4-3-5-7-11;1-8(2)17-12-15-10(13)7-11(16-12)14-9-5-3-4-6-9;1-6(2)17-7-5-8(12-9(11-7)18-4)19-10-13-14-15-16(10)3/h6-11,13H,12H2,1-5H3,(H,18,19,20);3-7,10-11,13H,8-9H2,1-2H3,(H,17,18,19);4-8H,1-3H3,(H,15,16,17,18);3-10H,1-2H3,(H,14,15,16);7-9H,3-6H2,1-2H3,(H,14,15,16);5-6H,1-4H3. The molecule has 2 aliphatic carbocycles. The highest BCUT2D eigenvalue weighted by Gasteiger charge is 2.23. The fourth-order valence-corrected chi connectivity index (χ4v) is 12.0. The summed E-state index contributed by atoms with van der Waals surface area (Å²) in [4.78, 5) is 55.5. The van der Waals surface area contributed by atoms with E-state index in [1.807, 2.05) is 224 Å². The van der Waals surface area contributed by atoms with Crippen molar-refractivity contribution in [3.05, 3.63) is 168 Å². The molecule has 5 N–H and O–H groups in total. The average Bonchev–Trinajstić information content (AvgIpc) is 1.76. The highest BCUT2D eigenvalue weighted by atomic mass is 35.5. The van der Waals surface area contributed by atoms with E-state index in [2.05, 4.69) is 127 Å². The zero-order valence-corrected chi connectivity index (χ0v) is 72.3. The van der Waals surface area contributed by atoms with Crippen molar-refractivity contribution in [2.45, 2.75) is 212 Å². The van der Waals surface area contributed by atoms with Gasteiger partial charge in [0.1, 0.15) is 33.5 Å². The Bertz CT molecular complexity index is 4650. The van der Waals surface area contributed by atoms with Crippen LogP contribution in [0.2, 0.25) is 30.1 Å². The zero-order chi connectivity index (χ0) is 82.1. The number of aryl methyl sites for hydroxylation is 2. The lowest BCUT2D eigenvalue weighted by molar-refractivity contribution is 0.221. The molecule has 0 radical (unpaired) electrons. The number of tetrazole rings is 1. The minimum Gasteiger partial charge on any atom is -0.475 e. The van der Waals surface area contributed by atoms with Gasteiger partial charge in [0.25, 0.3) is 0 Å². The number of rotatable bonds is 28. The molecular formula is C81H106Cl2N22O6S2Si. The maximum absolute atomic E-state index is 5.95. The van der Waals surface area contributed by atoms with Crippen LogP contribution < -0.4 is 55.0 Å². The Kier molecular flexibility index (Phi) is 35.6. The predicted molar refractivity (Wildman–Crippen MR) is 459 cm³/mol.